The van der Waals surface area contributed by atoms with Crippen molar-refractivity contribution in [2.75, 3.05) is 7.11 Å². The third kappa shape index (κ3) is 6.22. The first-order chi connectivity index (χ1) is 10.1. The van der Waals surface area contributed by atoms with E-state index in [-0.39, 0.29) is 36.1 Å². The van der Waals surface area contributed by atoms with E-state index in [1.165, 1.54) is 7.11 Å². The van der Waals surface area contributed by atoms with Gasteiger partial charge in [-0.15, -0.1) is 0 Å². The van der Waals surface area contributed by atoms with Gasteiger partial charge in [-0.25, -0.2) is 4.79 Å². The van der Waals surface area contributed by atoms with Gasteiger partial charge < -0.3 is 20.1 Å². The molecule has 3 atom stereocenters. The highest BCUT2D eigenvalue weighted by Crippen LogP contribution is 2.21. The van der Waals surface area contributed by atoms with E-state index >= 15 is 0 Å². The van der Waals surface area contributed by atoms with Crippen molar-refractivity contribution in [1.29, 1.82) is 0 Å². The molecule has 22 heavy (non-hydrogen) atoms. The number of rotatable bonds is 5. The van der Waals surface area contributed by atoms with Crippen molar-refractivity contribution in [3.8, 4) is 0 Å². The van der Waals surface area contributed by atoms with Gasteiger partial charge in [0.15, 0.2) is 0 Å². The Hall–Kier alpha value is -1.30. The number of carbonyl (C=O) groups excluding carboxylic acids is 2. The number of methoxy groups -OCH3 is 1. The molecule has 0 aromatic rings. The first kappa shape index (κ1) is 18.7. The highest BCUT2D eigenvalue weighted by atomic mass is 16.6. The second kappa shape index (κ2) is 7.81. The molecule has 0 saturated heterocycles. The normalized spacial score (nSPS) is 23.2. The van der Waals surface area contributed by atoms with Gasteiger partial charge in [0.2, 0.25) is 0 Å². The Bertz CT molecular complexity index is 390. The zero-order valence-corrected chi connectivity index (χ0v) is 14.6. The number of esters is 1. The molecule has 0 spiro atoms. The number of amides is 1. The molecule has 1 saturated carbocycles. The number of alkyl carbamates (subject to hydrolysis) is 1. The van der Waals surface area contributed by atoms with Crippen molar-refractivity contribution in [2.24, 2.45) is 5.92 Å². The SMILES string of the molecule is COC(=O)[C@@H](NC1CCC(NC(=O)OC(C)(C)C)C1)C(C)C. The molecule has 0 bridgehead atoms. The molecule has 0 aromatic heterocycles. The minimum absolute atomic E-state index is 0.0813. The molecular weight excluding hydrogens is 284 g/mol. The topological polar surface area (TPSA) is 76.7 Å². The summed E-state index contributed by atoms with van der Waals surface area (Å²) < 4.78 is 10.1. The summed E-state index contributed by atoms with van der Waals surface area (Å²) in [5.41, 5.74) is -0.492. The third-order valence-electron chi connectivity index (χ3n) is 3.69. The largest absolute Gasteiger partial charge is 0.468 e. The quantitative estimate of drug-likeness (QED) is 0.761. The van der Waals surface area contributed by atoms with Crippen molar-refractivity contribution >= 4 is 12.1 Å². The van der Waals surface area contributed by atoms with E-state index in [1.54, 1.807) is 0 Å². The van der Waals surface area contributed by atoms with Gasteiger partial charge >= 0.3 is 12.1 Å². The smallest absolute Gasteiger partial charge is 0.407 e. The summed E-state index contributed by atoms with van der Waals surface area (Å²) in [7, 11) is 1.40. The van der Waals surface area contributed by atoms with Crippen LogP contribution in [-0.4, -0.2) is 42.9 Å². The zero-order chi connectivity index (χ0) is 16.9. The van der Waals surface area contributed by atoms with Crippen LogP contribution in [0.3, 0.4) is 0 Å². The number of hydrogen-bond acceptors (Lipinski definition) is 5. The van der Waals surface area contributed by atoms with Crippen LogP contribution in [-0.2, 0) is 14.3 Å². The van der Waals surface area contributed by atoms with E-state index in [0.717, 1.165) is 19.3 Å². The molecular formula is C16H30N2O4. The Morgan fingerprint density at radius 1 is 1.14 bits per heavy atom. The van der Waals surface area contributed by atoms with Gasteiger partial charge in [0, 0.05) is 12.1 Å². The van der Waals surface area contributed by atoms with Gasteiger partial charge in [-0.3, -0.25) is 4.79 Å². The van der Waals surface area contributed by atoms with E-state index in [4.69, 9.17) is 9.47 Å². The number of hydrogen-bond donors (Lipinski definition) is 2. The summed E-state index contributed by atoms with van der Waals surface area (Å²) in [6.07, 6.45) is 2.20. The first-order valence-corrected chi connectivity index (χ1v) is 7.95. The highest BCUT2D eigenvalue weighted by molar-refractivity contribution is 5.76. The molecule has 0 aromatic carbocycles. The van der Waals surface area contributed by atoms with E-state index in [9.17, 15) is 9.59 Å². The maximum absolute atomic E-state index is 11.8. The maximum Gasteiger partial charge on any atom is 0.407 e. The lowest BCUT2D eigenvalue weighted by atomic mass is 10.0. The van der Waals surface area contributed by atoms with Crippen molar-refractivity contribution in [3.63, 3.8) is 0 Å². The average Bonchev–Trinajstić information content (AvgIpc) is 2.79. The molecule has 0 radical (unpaired) electrons. The summed E-state index contributed by atoms with van der Waals surface area (Å²) in [6.45, 7) is 9.50. The van der Waals surface area contributed by atoms with Crippen LogP contribution in [0.25, 0.3) is 0 Å². The second-order valence-electron chi connectivity index (χ2n) is 7.26. The fourth-order valence-corrected chi connectivity index (χ4v) is 2.65. The van der Waals surface area contributed by atoms with E-state index in [1.807, 2.05) is 34.6 Å². The van der Waals surface area contributed by atoms with E-state index in [0.29, 0.717) is 0 Å². The molecule has 6 nitrogen and oxygen atoms in total. The van der Waals surface area contributed by atoms with Crippen LogP contribution in [0.15, 0.2) is 0 Å². The van der Waals surface area contributed by atoms with Crippen molar-refractivity contribution < 1.29 is 19.1 Å². The third-order valence-corrected chi connectivity index (χ3v) is 3.69. The zero-order valence-electron chi connectivity index (χ0n) is 14.6. The van der Waals surface area contributed by atoms with Crippen LogP contribution in [0.2, 0.25) is 0 Å². The summed E-state index contributed by atoms with van der Waals surface area (Å²) in [6, 6.07) is -0.0282. The van der Waals surface area contributed by atoms with Crippen LogP contribution in [0.5, 0.6) is 0 Å². The molecule has 1 aliphatic rings. The predicted octanol–water partition coefficient (Wildman–Crippen LogP) is 2.22. The molecule has 0 heterocycles. The number of nitrogens with one attached hydrogen (secondary N) is 2. The summed E-state index contributed by atoms with van der Waals surface area (Å²) >= 11 is 0. The van der Waals surface area contributed by atoms with Gasteiger partial charge in [0.1, 0.15) is 11.6 Å². The highest BCUT2D eigenvalue weighted by Gasteiger charge is 2.32. The van der Waals surface area contributed by atoms with Crippen LogP contribution in [0, 0.1) is 5.92 Å². The molecule has 1 amide bonds. The van der Waals surface area contributed by atoms with Crippen LogP contribution in [0.4, 0.5) is 4.79 Å². The van der Waals surface area contributed by atoms with Gasteiger partial charge in [-0.2, -0.15) is 0 Å². The van der Waals surface area contributed by atoms with Gasteiger partial charge in [0.25, 0.3) is 0 Å². The van der Waals surface area contributed by atoms with Crippen LogP contribution < -0.4 is 10.6 Å². The Morgan fingerprint density at radius 3 is 2.23 bits per heavy atom. The molecule has 2 unspecified atom stereocenters. The summed E-state index contributed by atoms with van der Waals surface area (Å²) in [5.74, 6) is -0.0798. The van der Waals surface area contributed by atoms with Crippen LogP contribution in [0.1, 0.15) is 53.9 Å². The monoisotopic (exact) mass is 314 g/mol. The van der Waals surface area contributed by atoms with Gasteiger partial charge in [-0.05, 0) is 46.0 Å². The van der Waals surface area contributed by atoms with Gasteiger partial charge in [-0.1, -0.05) is 13.8 Å². The molecule has 2 N–H and O–H groups in total. The molecule has 6 heteroatoms. The minimum Gasteiger partial charge on any atom is -0.468 e. The van der Waals surface area contributed by atoms with Crippen molar-refractivity contribution in [2.45, 2.75) is 77.6 Å². The Morgan fingerprint density at radius 2 is 1.73 bits per heavy atom. The molecule has 1 aliphatic carbocycles. The van der Waals surface area contributed by atoms with Crippen LogP contribution >= 0.6 is 0 Å². The number of ether oxygens (including phenoxy) is 2. The van der Waals surface area contributed by atoms with E-state index < -0.39 is 5.60 Å². The fraction of sp³-hybridized carbons (Fsp3) is 0.875. The Balaban J connectivity index is 2.45. The second-order valence-corrected chi connectivity index (χ2v) is 7.26. The molecule has 1 rings (SSSR count). The summed E-state index contributed by atoms with van der Waals surface area (Å²) in [4.78, 5) is 23.6. The molecule has 1 fully saturated rings. The number of carbonyl (C=O) groups is 2. The molecule has 128 valence electrons. The first-order valence-electron chi connectivity index (χ1n) is 7.95. The van der Waals surface area contributed by atoms with Crippen molar-refractivity contribution in [3.05, 3.63) is 0 Å². The maximum atomic E-state index is 11.8. The lowest BCUT2D eigenvalue weighted by molar-refractivity contribution is -0.144. The predicted molar refractivity (Wildman–Crippen MR) is 84.6 cm³/mol. The average molecular weight is 314 g/mol. The fourth-order valence-electron chi connectivity index (χ4n) is 2.65. The lowest BCUT2D eigenvalue weighted by Gasteiger charge is -2.24. The molecule has 0 aliphatic heterocycles. The Kier molecular flexibility index (Phi) is 6.66. The standard InChI is InChI=1S/C16H30N2O4/c1-10(2)13(14(19)21-6)17-11-7-8-12(9-11)18-15(20)22-16(3,4)5/h10-13,17H,7-9H2,1-6H3,(H,18,20)/t11?,12?,13-/m0/s1. The van der Waals surface area contributed by atoms with Crippen molar-refractivity contribution in [1.82, 2.24) is 10.6 Å². The minimum atomic E-state index is -0.492. The lowest BCUT2D eigenvalue weighted by Crippen LogP contribution is -2.47. The summed E-state index contributed by atoms with van der Waals surface area (Å²) in [5, 5.41) is 6.24. The van der Waals surface area contributed by atoms with Gasteiger partial charge in [0.05, 0.1) is 7.11 Å². The Labute approximate surface area is 133 Å². The van der Waals surface area contributed by atoms with E-state index in [2.05, 4.69) is 10.6 Å².